The molecule has 0 radical (unpaired) electrons. The number of halogens is 1. The van der Waals surface area contributed by atoms with E-state index >= 15 is 0 Å². The van der Waals surface area contributed by atoms with Crippen molar-refractivity contribution in [2.45, 2.75) is 4.90 Å². The molecule has 4 rings (SSSR count). The van der Waals surface area contributed by atoms with Gasteiger partial charge in [0.25, 0.3) is 0 Å². The Kier molecular flexibility index (Phi) is 4.19. The molecule has 0 aliphatic carbocycles. The van der Waals surface area contributed by atoms with Crippen LogP contribution in [0.1, 0.15) is 0 Å². The van der Waals surface area contributed by atoms with Crippen LogP contribution in [0.25, 0.3) is 11.0 Å². The second kappa shape index (κ2) is 6.43. The lowest BCUT2D eigenvalue weighted by atomic mass is 10.3. The Labute approximate surface area is 155 Å². The summed E-state index contributed by atoms with van der Waals surface area (Å²) in [6.07, 6.45) is 1.60. The van der Waals surface area contributed by atoms with Gasteiger partial charge in [0.1, 0.15) is 16.5 Å². The molecule has 2 N–H and O–H groups in total. The number of nitrogens with zero attached hydrogens (tertiary/aromatic N) is 6. The predicted octanol–water partition coefficient (Wildman–Crippen LogP) is 0.595. The zero-order valence-corrected chi connectivity index (χ0v) is 15.4. The van der Waals surface area contributed by atoms with E-state index in [1.165, 1.54) is 22.5 Å². The Balaban J connectivity index is 1.56. The fraction of sp³-hybridized carbons (Fsp3) is 0.312. The van der Waals surface area contributed by atoms with Crippen molar-refractivity contribution >= 4 is 32.8 Å². The van der Waals surface area contributed by atoms with Crippen LogP contribution in [0.15, 0.2) is 35.4 Å². The molecule has 27 heavy (non-hydrogen) atoms. The fourth-order valence-electron chi connectivity index (χ4n) is 3.09. The van der Waals surface area contributed by atoms with E-state index in [9.17, 15) is 12.8 Å². The Bertz CT molecular complexity index is 1110. The van der Waals surface area contributed by atoms with Crippen molar-refractivity contribution in [3.05, 3.63) is 36.3 Å². The zero-order chi connectivity index (χ0) is 19.2. The minimum atomic E-state index is -3.89. The largest absolute Gasteiger partial charge is 0.383 e. The van der Waals surface area contributed by atoms with Crippen molar-refractivity contribution < 1.29 is 12.8 Å². The van der Waals surface area contributed by atoms with E-state index in [4.69, 9.17) is 5.73 Å². The van der Waals surface area contributed by atoms with Gasteiger partial charge >= 0.3 is 0 Å². The molecule has 11 heteroatoms. The summed E-state index contributed by atoms with van der Waals surface area (Å²) in [6.45, 7) is 1.14. The maximum atomic E-state index is 13.9. The highest BCUT2D eigenvalue weighted by molar-refractivity contribution is 7.89. The van der Waals surface area contributed by atoms with Gasteiger partial charge in [-0.15, -0.1) is 0 Å². The second-order valence-corrected chi connectivity index (χ2v) is 8.14. The van der Waals surface area contributed by atoms with E-state index in [2.05, 4.69) is 15.1 Å². The van der Waals surface area contributed by atoms with Crippen LogP contribution in [0.4, 0.5) is 16.2 Å². The number of nitrogen functional groups attached to an aromatic ring is 1. The van der Waals surface area contributed by atoms with E-state index < -0.39 is 15.8 Å². The van der Waals surface area contributed by atoms with Crippen LogP contribution in [-0.2, 0) is 17.1 Å². The summed E-state index contributed by atoms with van der Waals surface area (Å²) in [4.78, 5) is 10.3. The summed E-state index contributed by atoms with van der Waals surface area (Å²) in [5, 5.41) is 4.79. The van der Waals surface area contributed by atoms with Gasteiger partial charge in [0, 0.05) is 33.2 Å². The van der Waals surface area contributed by atoms with E-state index in [1.807, 2.05) is 4.90 Å². The molecule has 2 aromatic heterocycles. The molecule has 1 saturated heterocycles. The van der Waals surface area contributed by atoms with E-state index in [0.29, 0.717) is 35.9 Å². The molecule has 3 aromatic rings. The van der Waals surface area contributed by atoms with Crippen molar-refractivity contribution in [1.29, 1.82) is 0 Å². The van der Waals surface area contributed by atoms with Gasteiger partial charge in [-0.1, -0.05) is 12.1 Å². The maximum Gasteiger partial charge on any atom is 0.246 e. The lowest BCUT2D eigenvalue weighted by Gasteiger charge is -2.34. The second-order valence-electron chi connectivity index (χ2n) is 6.24. The lowest BCUT2D eigenvalue weighted by Crippen LogP contribution is -2.49. The van der Waals surface area contributed by atoms with Crippen LogP contribution >= 0.6 is 0 Å². The van der Waals surface area contributed by atoms with E-state index in [1.54, 1.807) is 17.9 Å². The van der Waals surface area contributed by atoms with Crippen molar-refractivity contribution in [3.8, 4) is 0 Å². The van der Waals surface area contributed by atoms with Crippen molar-refractivity contribution in [2.24, 2.45) is 7.05 Å². The smallest absolute Gasteiger partial charge is 0.246 e. The average molecular weight is 391 g/mol. The van der Waals surface area contributed by atoms with E-state index in [-0.39, 0.29) is 18.0 Å². The molecule has 0 amide bonds. The van der Waals surface area contributed by atoms with Crippen LogP contribution in [0.2, 0.25) is 0 Å². The van der Waals surface area contributed by atoms with Gasteiger partial charge in [-0.3, -0.25) is 4.68 Å². The molecule has 142 valence electrons. The van der Waals surface area contributed by atoms with Gasteiger partial charge in [-0.25, -0.2) is 12.8 Å². The number of piperazine rings is 1. The fourth-order valence-corrected chi connectivity index (χ4v) is 4.58. The third-order valence-corrected chi connectivity index (χ3v) is 6.52. The third-order valence-electron chi connectivity index (χ3n) is 4.59. The summed E-state index contributed by atoms with van der Waals surface area (Å²) >= 11 is 0. The highest BCUT2D eigenvalue weighted by Gasteiger charge is 2.31. The molecule has 0 spiro atoms. The summed E-state index contributed by atoms with van der Waals surface area (Å²) in [5.74, 6) is -0.00579. The van der Waals surface area contributed by atoms with E-state index in [0.717, 1.165) is 6.07 Å². The monoisotopic (exact) mass is 391 g/mol. The molecule has 9 nitrogen and oxygen atoms in total. The number of aromatic nitrogens is 4. The highest BCUT2D eigenvalue weighted by Crippen LogP contribution is 2.24. The molecule has 1 aromatic carbocycles. The first-order valence-electron chi connectivity index (χ1n) is 8.33. The van der Waals surface area contributed by atoms with Gasteiger partial charge in [-0.2, -0.15) is 19.4 Å². The number of sulfonamides is 1. The number of aryl methyl sites for hydroxylation is 1. The summed E-state index contributed by atoms with van der Waals surface area (Å²) < 4.78 is 42.2. The first kappa shape index (κ1) is 17.6. The van der Waals surface area contributed by atoms with Crippen molar-refractivity contribution in [3.63, 3.8) is 0 Å². The van der Waals surface area contributed by atoms with Gasteiger partial charge in [0.05, 0.1) is 11.6 Å². The number of nitrogens with two attached hydrogens (primary N) is 1. The number of fused-ring (bicyclic) bond motifs is 1. The van der Waals surface area contributed by atoms with Crippen molar-refractivity contribution in [1.82, 2.24) is 24.1 Å². The van der Waals surface area contributed by atoms with Crippen LogP contribution < -0.4 is 10.6 Å². The Hall–Kier alpha value is -2.79. The SMILES string of the molecule is Cn1ncc2c(N)nc(N3CCN(S(=O)(=O)c4ccccc4F)CC3)nc21. The van der Waals surface area contributed by atoms with Crippen LogP contribution in [0.3, 0.4) is 0 Å². The normalized spacial score (nSPS) is 16.1. The topological polar surface area (TPSA) is 110 Å². The summed E-state index contributed by atoms with van der Waals surface area (Å²) in [5.41, 5.74) is 6.60. The summed E-state index contributed by atoms with van der Waals surface area (Å²) in [7, 11) is -2.13. The molecule has 0 unspecified atom stereocenters. The average Bonchev–Trinajstić information content (AvgIpc) is 3.04. The first-order chi connectivity index (χ1) is 12.9. The minimum Gasteiger partial charge on any atom is -0.383 e. The molecular weight excluding hydrogens is 373 g/mol. The number of benzene rings is 1. The number of rotatable bonds is 3. The van der Waals surface area contributed by atoms with Crippen LogP contribution in [0.5, 0.6) is 0 Å². The molecule has 1 fully saturated rings. The zero-order valence-electron chi connectivity index (χ0n) is 14.6. The minimum absolute atomic E-state index is 0.198. The third kappa shape index (κ3) is 2.98. The Morgan fingerprint density at radius 2 is 1.81 bits per heavy atom. The standard InChI is InChI=1S/C16H18FN7O2S/c1-22-15-11(10-19-22)14(18)20-16(21-15)23-6-8-24(9-7-23)27(25,26)13-5-3-2-4-12(13)17/h2-5,10H,6-9H2,1H3,(H2,18,20,21). The molecule has 0 saturated carbocycles. The number of hydrogen-bond donors (Lipinski definition) is 1. The molecule has 3 heterocycles. The first-order valence-corrected chi connectivity index (χ1v) is 9.77. The molecule has 0 atom stereocenters. The highest BCUT2D eigenvalue weighted by atomic mass is 32.2. The Morgan fingerprint density at radius 1 is 1.11 bits per heavy atom. The molecule has 1 aliphatic heterocycles. The van der Waals surface area contributed by atoms with Gasteiger partial charge in [-0.05, 0) is 12.1 Å². The van der Waals surface area contributed by atoms with Gasteiger partial charge in [0.2, 0.25) is 16.0 Å². The molecular formula is C16H18FN7O2S. The predicted molar refractivity (Wildman–Crippen MR) is 98.1 cm³/mol. The van der Waals surface area contributed by atoms with Crippen LogP contribution in [-0.4, -0.2) is 58.7 Å². The van der Waals surface area contributed by atoms with Gasteiger partial charge < -0.3 is 10.6 Å². The maximum absolute atomic E-state index is 13.9. The molecule has 0 bridgehead atoms. The number of anilines is 2. The number of hydrogen-bond acceptors (Lipinski definition) is 7. The van der Waals surface area contributed by atoms with Crippen LogP contribution in [0, 0.1) is 5.82 Å². The van der Waals surface area contributed by atoms with Crippen molar-refractivity contribution in [2.75, 3.05) is 36.8 Å². The molecule has 1 aliphatic rings. The Morgan fingerprint density at radius 3 is 2.52 bits per heavy atom. The lowest BCUT2D eigenvalue weighted by molar-refractivity contribution is 0.380. The van der Waals surface area contributed by atoms with Gasteiger partial charge in [0.15, 0.2) is 5.65 Å². The quantitative estimate of drug-likeness (QED) is 0.696. The summed E-state index contributed by atoms with van der Waals surface area (Å²) in [6, 6.07) is 5.38.